The highest BCUT2D eigenvalue weighted by Gasteiger charge is 2.34. The average Bonchev–Trinajstić information content (AvgIpc) is 3.05. The molecule has 0 radical (unpaired) electrons. The Morgan fingerprint density at radius 1 is 1.26 bits per heavy atom. The Morgan fingerprint density at radius 2 is 2.00 bits per heavy atom. The van der Waals surface area contributed by atoms with Gasteiger partial charge in [0.15, 0.2) is 9.84 Å². The lowest BCUT2D eigenvalue weighted by Gasteiger charge is -2.25. The van der Waals surface area contributed by atoms with Gasteiger partial charge in [-0.3, -0.25) is 0 Å². The summed E-state index contributed by atoms with van der Waals surface area (Å²) < 4.78 is 30.4. The Bertz CT molecular complexity index is 357. The number of hydrogen-bond donors (Lipinski definition) is 1. The van der Waals surface area contributed by atoms with Crippen LogP contribution in [0.5, 0.6) is 0 Å². The predicted molar refractivity (Wildman–Crippen MR) is 77.1 cm³/mol. The Kier molecular flexibility index (Phi) is 5.66. The molecular formula is C14H27NO3S. The number of sulfone groups is 1. The third-order valence-corrected chi connectivity index (χ3v) is 6.72. The molecule has 112 valence electrons. The number of nitrogens with one attached hydrogen (secondary N) is 1. The molecule has 0 bridgehead atoms. The van der Waals surface area contributed by atoms with Crippen LogP contribution in [0.25, 0.3) is 0 Å². The SMILES string of the molecule is CCCNC(CS(=O)(=O)C1CCCC1)C1CCOC1. The molecule has 2 fully saturated rings. The van der Waals surface area contributed by atoms with E-state index in [0.29, 0.717) is 18.3 Å². The molecular weight excluding hydrogens is 262 g/mol. The van der Waals surface area contributed by atoms with Gasteiger partial charge in [0, 0.05) is 18.6 Å². The minimum absolute atomic E-state index is 0.0769. The van der Waals surface area contributed by atoms with E-state index in [1.807, 2.05) is 0 Å². The lowest BCUT2D eigenvalue weighted by molar-refractivity contribution is 0.178. The van der Waals surface area contributed by atoms with Crippen LogP contribution in [0, 0.1) is 5.92 Å². The van der Waals surface area contributed by atoms with Crippen molar-refractivity contribution in [3.63, 3.8) is 0 Å². The summed E-state index contributed by atoms with van der Waals surface area (Å²) >= 11 is 0. The van der Waals surface area contributed by atoms with Gasteiger partial charge in [0.1, 0.15) is 0 Å². The fourth-order valence-electron chi connectivity index (χ4n) is 3.20. The second-order valence-corrected chi connectivity index (χ2v) is 8.25. The summed E-state index contributed by atoms with van der Waals surface area (Å²) in [4.78, 5) is 0. The maximum absolute atomic E-state index is 12.5. The Morgan fingerprint density at radius 3 is 2.58 bits per heavy atom. The molecule has 0 aromatic carbocycles. The molecule has 0 aromatic rings. The fourth-order valence-corrected chi connectivity index (χ4v) is 5.41. The van der Waals surface area contributed by atoms with E-state index in [1.165, 1.54) is 0 Å². The van der Waals surface area contributed by atoms with Crippen molar-refractivity contribution in [1.82, 2.24) is 5.32 Å². The van der Waals surface area contributed by atoms with Crippen LogP contribution in [0.2, 0.25) is 0 Å². The van der Waals surface area contributed by atoms with Crippen LogP contribution in [0.4, 0.5) is 0 Å². The van der Waals surface area contributed by atoms with E-state index >= 15 is 0 Å². The van der Waals surface area contributed by atoms with E-state index in [9.17, 15) is 8.42 Å². The van der Waals surface area contributed by atoms with Crippen molar-refractivity contribution in [3.8, 4) is 0 Å². The van der Waals surface area contributed by atoms with Crippen molar-refractivity contribution < 1.29 is 13.2 Å². The van der Waals surface area contributed by atoms with E-state index < -0.39 is 9.84 Å². The van der Waals surface area contributed by atoms with E-state index in [0.717, 1.165) is 51.7 Å². The van der Waals surface area contributed by atoms with Gasteiger partial charge in [-0.1, -0.05) is 19.8 Å². The van der Waals surface area contributed by atoms with E-state index in [4.69, 9.17) is 4.74 Å². The molecule has 4 nitrogen and oxygen atoms in total. The third-order valence-electron chi connectivity index (χ3n) is 4.41. The van der Waals surface area contributed by atoms with Crippen molar-refractivity contribution in [1.29, 1.82) is 0 Å². The molecule has 1 aliphatic carbocycles. The van der Waals surface area contributed by atoms with Gasteiger partial charge in [-0.05, 0) is 32.2 Å². The lowest BCUT2D eigenvalue weighted by Crippen LogP contribution is -2.44. The molecule has 1 aliphatic heterocycles. The van der Waals surface area contributed by atoms with Gasteiger partial charge >= 0.3 is 0 Å². The molecule has 1 saturated heterocycles. The first-order valence-corrected chi connectivity index (χ1v) is 9.37. The van der Waals surface area contributed by atoms with Crippen molar-refractivity contribution in [2.24, 2.45) is 5.92 Å². The summed E-state index contributed by atoms with van der Waals surface area (Å²) in [7, 11) is -2.95. The Balaban J connectivity index is 1.97. The zero-order chi connectivity index (χ0) is 13.7. The predicted octanol–water partition coefficient (Wildman–Crippen LogP) is 1.75. The highest BCUT2D eigenvalue weighted by molar-refractivity contribution is 7.92. The Hall–Kier alpha value is -0.130. The lowest BCUT2D eigenvalue weighted by atomic mass is 10.0. The largest absolute Gasteiger partial charge is 0.381 e. The summed E-state index contributed by atoms with van der Waals surface area (Å²) in [5.74, 6) is 0.661. The minimum Gasteiger partial charge on any atom is -0.381 e. The van der Waals surface area contributed by atoms with Crippen molar-refractivity contribution in [3.05, 3.63) is 0 Å². The second-order valence-electron chi connectivity index (χ2n) is 5.92. The average molecular weight is 289 g/mol. The summed E-state index contributed by atoms with van der Waals surface area (Å²) in [5.41, 5.74) is 0. The molecule has 0 aromatic heterocycles. The van der Waals surface area contributed by atoms with Gasteiger partial charge < -0.3 is 10.1 Å². The maximum atomic E-state index is 12.5. The smallest absolute Gasteiger partial charge is 0.154 e. The molecule has 0 spiro atoms. The molecule has 19 heavy (non-hydrogen) atoms. The first kappa shape index (κ1) is 15.3. The molecule has 2 atom stereocenters. The molecule has 2 aliphatic rings. The molecule has 2 rings (SSSR count). The first-order valence-electron chi connectivity index (χ1n) is 7.66. The zero-order valence-electron chi connectivity index (χ0n) is 11.9. The van der Waals surface area contributed by atoms with Crippen LogP contribution < -0.4 is 5.32 Å². The minimum atomic E-state index is -2.95. The standard InChI is InChI=1S/C14H27NO3S/c1-2-8-15-14(12-7-9-18-10-12)11-19(16,17)13-5-3-4-6-13/h12-15H,2-11H2,1H3. The fraction of sp³-hybridized carbons (Fsp3) is 1.00. The molecule has 1 heterocycles. The highest BCUT2D eigenvalue weighted by atomic mass is 32.2. The van der Waals surface area contributed by atoms with E-state index in [-0.39, 0.29) is 11.3 Å². The number of rotatable bonds is 7. The molecule has 5 heteroatoms. The van der Waals surface area contributed by atoms with Gasteiger partial charge in [0.05, 0.1) is 17.6 Å². The maximum Gasteiger partial charge on any atom is 0.154 e. The third kappa shape index (κ3) is 4.17. The van der Waals surface area contributed by atoms with Gasteiger partial charge in [-0.2, -0.15) is 0 Å². The van der Waals surface area contributed by atoms with Crippen molar-refractivity contribution in [2.75, 3.05) is 25.5 Å². The summed E-state index contributed by atoms with van der Waals surface area (Å²) in [6, 6.07) is 0.0769. The quantitative estimate of drug-likeness (QED) is 0.776. The normalized spacial score (nSPS) is 26.9. The van der Waals surface area contributed by atoms with Crippen LogP contribution >= 0.6 is 0 Å². The van der Waals surface area contributed by atoms with Crippen LogP contribution in [0.1, 0.15) is 45.4 Å². The first-order chi connectivity index (χ1) is 9.13. The van der Waals surface area contributed by atoms with Crippen molar-refractivity contribution in [2.45, 2.75) is 56.7 Å². The molecule has 1 saturated carbocycles. The number of hydrogen-bond acceptors (Lipinski definition) is 4. The zero-order valence-corrected chi connectivity index (χ0v) is 12.8. The van der Waals surface area contributed by atoms with Gasteiger partial charge in [0.2, 0.25) is 0 Å². The topological polar surface area (TPSA) is 55.4 Å². The van der Waals surface area contributed by atoms with Gasteiger partial charge in [-0.25, -0.2) is 8.42 Å². The molecule has 2 unspecified atom stereocenters. The van der Waals surface area contributed by atoms with E-state index in [1.54, 1.807) is 0 Å². The van der Waals surface area contributed by atoms with Crippen LogP contribution in [-0.4, -0.2) is 45.2 Å². The van der Waals surface area contributed by atoms with Gasteiger partial charge in [0.25, 0.3) is 0 Å². The number of ether oxygens (including phenoxy) is 1. The molecule has 0 amide bonds. The van der Waals surface area contributed by atoms with Crippen molar-refractivity contribution >= 4 is 9.84 Å². The molecule has 1 N–H and O–H groups in total. The second kappa shape index (κ2) is 7.04. The monoisotopic (exact) mass is 289 g/mol. The van der Waals surface area contributed by atoms with Crippen LogP contribution in [-0.2, 0) is 14.6 Å². The Labute approximate surface area is 117 Å². The summed E-state index contributed by atoms with van der Waals surface area (Å²) in [6.07, 6.45) is 5.90. The van der Waals surface area contributed by atoms with Gasteiger partial charge in [-0.15, -0.1) is 0 Å². The highest BCUT2D eigenvalue weighted by Crippen LogP contribution is 2.27. The van der Waals surface area contributed by atoms with E-state index in [2.05, 4.69) is 12.2 Å². The summed E-state index contributed by atoms with van der Waals surface area (Å²) in [6.45, 7) is 4.49. The summed E-state index contributed by atoms with van der Waals surface area (Å²) in [5, 5.41) is 3.35. The van der Waals surface area contributed by atoms with Crippen LogP contribution in [0.3, 0.4) is 0 Å². The van der Waals surface area contributed by atoms with Crippen LogP contribution in [0.15, 0.2) is 0 Å².